The van der Waals surface area contributed by atoms with Crippen molar-refractivity contribution in [2.24, 2.45) is 4.99 Å². The van der Waals surface area contributed by atoms with Crippen molar-refractivity contribution in [3.63, 3.8) is 0 Å². The lowest BCUT2D eigenvalue weighted by Crippen LogP contribution is -2.38. The Kier molecular flexibility index (Phi) is 10.9. The first-order chi connectivity index (χ1) is 12.9. The summed E-state index contributed by atoms with van der Waals surface area (Å²) in [7, 11) is 1.28. The van der Waals surface area contributed by atoms with E-state index in [1.54, 1.807) is 30.9 Å². The molecular formula is C19H27IN4O2S2. The van der Waals surface area contributed by atoms with Gasteiger partial charge in [-0.15, -0.1) is 35.7 Å². The van der Waals surface area contributed by atoms with Gasteiger partial charge in [-0.05, 0) is 23.8 Å². The summed E-state index contributed by atoms with van der Waals surface area (Å²) in [5.41, 5.74) is 0.702. The number of aliphatic imine (C=N–C) groups is 1. The van der Waals surface area contributed by atoms with Crippen molar-refractivity contribution in [2.75, 3.05) is 33.4 Å². The maximum Gasteiger partial charge on any atom is 0.242 e. The molecule has 0 radical (unpaired) electrons. The van der Waals surface area contributed by atoms with Gasteiger partial charge < -0.3 is 10.6 Å². The summed E-state index contributed by atoms with van der Waals surface area (Å²) < 4.78 is 26.1. The molecule has 0 aliphatic rings. The Morgan fingerprint density at radius 2 is 1.68 bits per heavy atom. The minimum Gasteiger partial charge on any atom is -0.356 e. The van der Waals surface area contributed by atoms with Gasteiger partial charge in [-0.1, -0.05) is 36.4 Å². The van der Waals surface area contributed by atoms with Crippen LogP contribution in [-0.2, 0) is 16.6 Å². The Hall–Kier alpha value is -1.30. The number of sulfonamides is 1. The molecule has 2 N–H and O–H groups in total. The number of halogens is 1. The number of guanidine groups is 1. The molecule has 0 spiro atoms. The predicted molar refractivity (Wildman–Crippen MR) is 128 cm³/mol. The Bertz CT molecular complexity index is 859. The summed E-state index contributed by atoms with van der Waals surface area (Å²) in [4.78, 5) is 5.73. The summed E-state index contributed by atoms with van der Waals surface area (Å²) in [6.07, 6.45) is 0. The standard InChI is InChI=1S/C19H26N4O2S2.HI/c1-20-19(21-13-14-26-17-10-5-4-6-11-17)22-15-16-9-7-8-12-18(16)27(24,25)23(2)3;/h4-12H,13-15H2,1-3H3,(H2,20,21,22);1H. The van der Waals surface area contributed by atoms with Gasteiger partial charge in [-0.25, -0.2) is 12.7 Å². The van der Waals surface area contributed by atoms with E-state index in [0.29, 0.717) is 23.0 Å². The zero-order valence-corrected chi connectivity index (χ0v) is 20.2. The molecule has 9 heteroatoms. The lowest BCUT2D eigenvalue weighted by molar-refractivity contribution is 0.519. The van der Waals surface area contributed by atoms with E-state index in [4.69, 9.17) is 0 Å². The van der Waals surface area contributed by atoms with E-state index < -0.39 is 10.0 Å². The van der Waals surface area contributed by atoms with Crippen LogP contribution in [-0.4, -0.2) is 52.1 Å². The zero-order chi connectivity index (χ0) is 19.7. The third-order valence-electron chi connectivity index (χ3n) is 3.81. The van der Waals surface area contributed by atoms with Gasteiger partial charge >= 0.3 is 0 Å². The van der Waals surface area contributed by atoms with Crippen molar-refractivity contribution in [1.82, 2.24) is 14.9 Å². The van der Waals surface area contributed by atoms with E-state index in [0.717, 1.165) is 12.3 Å². The fourth-order valence-electron chi connectivity index (χ4n) is 2.35. The Morgan fingerprint density at radius 1 is 1.04 bits per heavy atom. The normalized spacial score (nSPS) is 11.8. The van der Waals surface area contributed by atoms with Gasteiger partial charge in [-0.3, -0.25) is 4.99 Å². The fraction of sp³-hybridized carbons (Fsp3) is 0.316. The SMILES string of the molecule is CN=C(NCCSc1ccccc1)NCc1ccccc1S(=O)(=O)N(C)C.I. The average molecular weight is 534 g/mol. The Morgan fingerprint density at radius 3 is 2.32 bits per heavy atom. The number of nitrogens with zero attached hydrogens (tertiary/aromatic N) is 2. The predicted octanol–water partition coefficient (Wildman–Crippen LogP) is 3.01. The molecule has 0 saturated heterocycles. The van der Waals surface area contributed by atoms with Crippen molar-refractivity contribution >= 4 is 51.7 Å². The average Bonchev–Trinajstić information content (AvgIpc) is 2.68. The third-order valence-corrected chi connectivity index (χ3v) is 6.74. The highest BCUT2D eigenvalue weighted by Gasteiger charge is 2.20. The van der Waals surface area contributed by atoms with Crippen LogP contribution in [0.1, 0.15) is 5.56 Å². The van der Waals surface area contributed by atoms with E-state index >= 15 is 0 Å². The fourth-order valence-corrected chi connectivity index (χ4v) is 4.26. The molecule has 6 nitrogen and oxygen atoms in total. The highest BCUT2D eigenvalue weighted by atomic mass is 127. The first-order valence-corrected chi connectivity index (χ1v) is 11.0. The molecule has 0 aliphatic heterocycles. The second kappa shape index (κ2) is 12.3. The summed E-state index contributed by atoms with van der Waals surface area (Å²) >= 11 is 1.77. The quantitative estimate of drug-likeness (QED) is 0.179. The maximum atomic E-state index is 12.5. The molecule has 0 bridgehead atoms. The topological polar surface area (TPSA) is 73.8 Å². The second-order valence-corrected chi connectivity index (χ2v) is 9.20. The molecule has 28 heavy (non-hydrogen) atoms. The van der Waals surface area contributed by atoms with Crippen molar-refractivity contribution < 1.29 is 8.42 Å². The van der Waals surface area contributed by atoms with Crippen molar-refractivity contribution in [2.45, 2.75) is 16.3 Å². The van der Waals surface area contributed by atoms with Crippen LogP contribution in [0.5, 0.6) is 0 Å². The van der Waals surface area contributed by atoms with Crippen molar-refractivity contribution in [1.29, 1.82) is 0 Å². The van der Waals surface area contributed by atoms with Gasteiger partial charge in [0.05, 0.1) is 4.90 Å². The van der Waals surface area contributed by atoms with E-state index in [1.165, 1.54) is 23.3 Å². The van der Waals surface area contributed by atoms with Gasteiger partial charge in [0.2, 0.25) is 10.0 Å². The van der Waals surface area contributed by atoms with Crippen LogP contribution in [0, 0.1) is 0 Å². The molecule has 0 aliphatic carbocycles. The van der Waals surface area contributed by atoms with Crippen LogP contribution in [0.3, 0.4) is 0 Å². The van der Waals surface area contributed by atoms with Crippen molar-refractivity contribution in [3.05, 3.63) is 60.2 Å². The molecule has 0 unspecified atom stereocenters. The minimum atomic E-state index is -3.48. The van der Waals surface area contributed by atoms with Gasteiger partial charge in [0.15, 0.2) is 5.96 Å². The molecule has 2 rings (SSSR count). The Balaban J connectivity index is 0.00000392. The summed E-state index contributed by atoms with van der Waals surface area (Å²) in [6.45, 7) is 1.12. The molecule has 0 atom stereocenters. The molecule has 0 aromatic heterocycles. The lowest BCUT2D eigenvalue weighted by Gasteiger charge is -2.17. The summed E-state index contributed by atoms with van der Waals surface area (Å²) in [6, 6.07) is 17.2. The number of hydrogen-bond donors (Lipinski definition) is 2. The van der Waals surface area contributed by atoms with Crippen LogP contribution >= 0.6 is 35.7 Å². The van der Waals surface area contributed by atoms with Gasteiger partial charge in [-0.2, -0.15) is 0 Å². The molecule has 154 valence electrons. The summed E-state index contributed by atoms with van der Waals surface area (Å²) in [5.74, 6) is 1.54. The van der Waals surface area contributed by atoms with Gasteiger partial charge in [0.1, 0.15) is 0 Å². The number of rotatable bonds is 8. The third kappa shape index (κ3) is 7.26. The smallest absolute Gasteiger partial charge is 0.242 e. The lowest BCUT2D eigenvalue weighted by atomic mass is 10.2. The molecule has 0 fully saturated rings. The largest absolute Gasteiger partial charge is 0.356 e. The van der Waals surface area contributed by atoms with Crippen LogP contribution in [0.2, 0.25) is 0 Å². The van der Waals surface area contributed by atoms with Crippen LogP contribution in [0.4, 0.5) is 0 Å². The first kappa shape index (κ1) is 24.7. The maximum absolute atomic E-state index is 12.5. The number of nitrogens with one attached hydrogen (secondary N) is 2. The first-order valence-electron chi connectivity index (χ1n) is 8.58. The summed E-state index contributed by atoms with van der Waals surface area (Å²) in [5, 5.41) is 6.43. The molecular weight excluding hydrogens is 507 g/mol. The monoisotopic (exact) mass is 534 g/mol. The number of benzene rings is 2. The molecule has 0 heterocycles. The van der Waals surface area contributed by atoms with E-state index in [2.05, 4.69) is 27.8 Å². The van der Waals surface area contributed by atoms with Gasteiger partial charge in [0, 0.05) is 44.9 Å². The van der Waals surface area contributed by atoms with Gasteiger partial charge in [0.25, 0.3) is 0 Å². The van der Waals surface area contributed by atoms with Crippen molar-refractivity contribution in [3.8, 4) is 0 Å². The highest BCUT2D eigenvalue weighted by molar-refractivity contribution is 14.0. The van der Waals surface area contributed by atoms with E-state index in [1.807, 2.05) is 30.3 Å². The second-order valence-electron chi connectivity index (χ2n) is 5.91. The zero-order valence-electron chi connectivity index (χ0n) is 16.3. The molecule has 2 aromatic rings. The van der Waals surface area contributed by atoms with E-state index in [9.17, 15) is 8.42 Å². The number of hydrogen-bond acceptors (Lipinski definition) is 4. The van der Waals surface area contributed by atoms with Crippen LogP contribution in [0.15, 0.2) is 69.4 Å². The number of thioether (sulfide) groups is 1. The highest BCUT2D eigenvalue weighted by Crippen LogP contribution is 2.18. The minimum absolute atomic E-state index is 0. The molecule has 0 amide bonds. The van der Waals surface area contributed by atoms with E-state index in [-0.39, 0.29) is 24.0 Å². The van der Waals surface area contributed by atoms with Crippen LogP contribution < -0.4 is 10.6 Å². The van der Waals surface area contributed by atoms with Crippen LogP contribution in [0.25, 0.3) is 0 Å². The Labute approximate surface area is 189 Å². The molecule has 2 aromatic carbocycles. The molecule has 0 saturated carbocycles.